The van der Waals surface area contributed by atoms with Gasteiger partial charge in [-0.05, 0) is 109 Å². The summed E-state index contributed by atoms with van der Waals surface area (Å²) in [5.41, 5.74) is 1.27. The van der Waals surface area contributed by atoms with Crippen LogP contribution in [-0.4, -0.2) is 111 Å². The van der Waals surface area contributed by atoms with Gasteiger partial charge in [-0.1, -0.05) is 11.6 Å². The number of ether oxygens (including phenoxy) is 1. The first-order valence-corrected chi connectivity index (χ1v) is 19.6. The number of benzene rings is 1. The Hall–Kier alpha value is -3.71. The van der Waals surface area contributed by atoms with Gasteiger partial charge in [0.05, 0.1) is 52.4 Å². The lowest BCUT2D eigenvalue weighted by Gasteiger charge is -2.44. The van der Waals surface area contributed by atoms with E-state index >= 15 is 0 Å². The third-order valence-electron chi connectivity index (χ3n) is 11.2. The number of amides is 4. The van der Waals surface area contributed by atoms with Gasteiger partial charge in [0.15, 0.2) is 5.11 Å². The monoisotopic (exact) mass is 812 g/mol. The van der Waals surface area contributed by atoms with Crippen LogP contribution < -0.4 is 15.5 Å². The molecule has 0 spiro atoms. The van der Waals surface area contributed by atoms with Gasteiger partial charge in [-0.2, -0.15) is 5.26 Å². The molecular weight excluding hydrogens is 763 g/mol. The maximum Gasteiger partial charge on any atom is 0.258 e. The summed E-state index contributed by atoms with van der Waals surface area (Å²) >= 11 is 12.2. The van der Waals surface area contributed by atoms with E-state index < -0.39 is 11.5 Å². The number of carbonyl (C=O) groups is 4. The lowest BCUT2D eigenvalue weighted by molar-refractivity contribution is -0.134. The average Bonchev–Trinajstić information content (AvgIpc) is 3.31. The Bertz CT molecular complexity index is 1800. The molecular formula is C39H50Cl2N8O5S. The highest BCUT2D eigenvalue weighted by atomic mass is 35.5. The van der Waals surface area contributed by atoms with Gasteiger partial charge in [0, 0.05) is 50.8 Å². The predicted octanol–water partition coefficient (Wildman–Crippen LogP) is 5.01. The summed E-state index contributed by atoms with van der Waals surface area (Å²) in [7, 11) is 0. The molecule has 4 amide bonds. The van der Waals surface area contributed by atoms with Crippen LogP contribution >= 0.6 is 36.2 Å². The first-order chi connectivity index (χ1) is 25.8. The van der Waals surface area contributed by atoms with Gasteiger partial charge >= 0.3 is 0 Å². The van der Waals surface area contributed by atoms with Crippen LogP contribution in [0.4, 0.5) is 11.4 Å². The molecule has 4 aliphatic rings. The lowest BCUT2D eigenvalue weighted by Crippen LogP contribution is -2.58. The number of piperazine rings is 1. The van der Waals surface area contributed by atoms with Crippen LogP contribution in [0.3, 0.4) is 0 Å². The molecule has 16 heteroatoms. The Morgan fingerprint density at radius 1 is 1.09 bits per heavy atom. The van der Waals surface area contributed by atoms with E-state index in [0.29, 0.717) is 45.8 Å². The van der Waals surface area contributed by atoms with Crippen LogP contribution in [0.1, 0.15) is 89.8 Å². The van der Waals surface area contributed by atoms with Crippen molar-refractivity contribution in [2.24, 2.45) is 0 Å². The van der Waals surface area contributed by atoms with Crippen molar-refractivity contribution in [1.82, 2.24) is 25.0 Å². The fourth-order valence-electron chi connectivity index (χ4n) is 8.38. The number of thiocarbonyl (C=S) groups is 1. The number of hydrogen-bond donors (Lipinski definition) is 2. The first kappa shape index (κ1) is 42.4. The van der Waals surface area contributed by atoms with E-state index in [1.165, 1.54) is 0 Å². The third kappa shape index (κ3) is 9.47. The largest absolute Gasteiger partial charge is 0.378 e. The molecule has 3 saturated heterocycles. The number of rotatable bonds is 11. The Morgan fingerprint density at radius 2 is 1.80 bits per heavy atom. The molecule has 296 valence electrons. The number of nitriles is 1. The van der Waals surface area contributed by atoms with Crippen LogP contribution in [0.5, 0.6) is 0 Å². The molecule has 55 heavy (non-hydrogen) atoms. The molecule has 0 bridgehead atoms. The van der Waals surface area contributed by atoms with Gasteiger partial charge in [-0.25, -0.2) is 0 Å². The lowest BCUT2D eigenvalue weighted by atomic mass is 9.89. The quantitative estimate of drug-likeness (QED) is 0.179. The first-order valence-electron chi connectivity index (χ1n) is 18.8. The van der Waals surface area contributed by atoms with Crippen LogP contribution in [0.2, 0.25) is 5.02 Å². The molecule has 6 rings (SSSR count). The van der Waals surface area contributed by atoms with E-state index in [2.05, 4.69) is 50.2 Å². The molecule has 1 saturated carbocycles. The summed E-state index contributed by atoms with van der Waals surface area (Å²) in [5.74, 6) is -1.28. The second-order valence-corrected chi connectivity index (χ2v) is 16.2. The molecule has 2 N–H and O–H groups in total. The molecule has 3 atom stereocenters. The van der Waals surface area contributed by atoms with Crippen LogP contribution in [0, 0.1) is 11.3 Å². The number of imide groups is 1. The van der Waals surface area contributed by atoms with Crippen molar-refractivity contribution in [2.45, 2.75) is 108 Å². The van der Waals surface area contributed by atoms with Crippen molar-refractivity contribution >= 4 is 76.3 Å². The highest BCUT2D eigenvalue weighted by Gasteiger charge is 2.52. The van der Waals surface area contributed by atoms with E-state index in [1.807, 2.05) is 13.8 Å². The summed E-state index contributed by atoms with van der Waals surface area (Å²) in [6.07, 6.45) is 6.90. The van der Waals surface area contributed by atoms with Crippen molar-refractivity contribution in [3.05, 3.63) is 52.8 Å². The molecule has 0 radical (unpaired) electrons. The van der Waals surface area contributed by atoms with Gasteiger partial charge in [0.1, 0.15) is 11.6 Å². The smallest absolute Gasteiger partial charge is 0.258 e. The number of halogens is 2. The molecule has 1 aliphatic carbocycles. The number of pyridine rings is 1. The van der Waals surface area contributed by atoms with Crippen molar-refractivity contribution in [2.75, 3.05) is 43.0 Å². The number of anilines is 2. The van der Waals surface area contributed by atoms with E-state index in [9.17, 15) is 24.4 Å². The van der Waals surface area contributed by atoms with E-state index in [0.717, 1.165) is 51.7 Å². The molecule has 3 aliphatic heterocycles. The topological polar surface area (TPSA) is 151 Å². The van der Waals surface area contributed by atoms with Crippen molar-refractivity contribution in [3.63, 3.8) is 0 Å². The minimum atomic E-state index is -0.803. The zero-order valence-corrected chi connectivity index (χ0v) is 34.1. The van der Waals surface area contributed by atoms with Gasteiger partial charge in [-0.3, -0.25) is 39.3 Å². The maximum absolute atomic E-state index is 13.6. The number of nitrogens with one attached hydrogen (secondary N) is 2. The summed E-state index contributed by atoms with van der Waals surface area (Å²) < 4.78 is 6.35. The maximum atomic E-state index is 13.6. The SMILES string of the molecule is C[C@@H]1CN(CCCO[C@H]2CC[C@H](N3C(=S)N(c4ccc(C#N)c(Cl)c4)C(=O)C3(C)C)CC2)C[C@H](C)N1CC(=O)Nc1ccc(C2CCC(=O)NC2=O)nc1.Cl. The van der Waals surface area contributed by atoms with E-state index in [4.69, 9.17) is 28.6 Å². The predicted molar refractivity (Wildman–Crippen MR) is 216 cm³/mol. The van der Waals surface area contributed by atoms with Gasteiger partial charge < -0.3 is 19.9 Å². The normalized spacial score (nSPS) is 26.0. The fourth-order valence-corrected chi connectivity index (χ4v) is 9.16. The Labute approximate surface area is 339 Å². The minimum absolute atomic E-state index is 0. The zero-order chi connectivity index (χ0) is 38.7. The molecule has 1 aromatic carbocycles. The summed E-state index contributed by atoms with van der Waals surface area (Å²) in [6.45, 7) is 11.7. The standard InChI is InChI=1S/C39H49ClN8O5S.ClH/c1-24-21-45(22-25(2)46(24)23-35(50)43-27-7-14-33(42-20-27)31-13-15-34(49)44-36(31)51)16-5-17-53-30-11-9-28(10-12-30)48-38(54)47(37(52)39(48,3)4)29-8-6-26(19-41)32(40)18-29;/h6-8,14,18,20,24-25,28,30-31H,5,9-13,15-17,21-23H2,1-4H3,(H,43,50)(H,44,49,51);1H/t24-,25+,28-,30-,31?;. The van der Waals surface area contributed by atoms with Crippen molar-refractivity contribution in [1.29, 1.82) is 5.26 Å². The second kappa shape index (κ2) is 18.0. The summed E-state index contributed by atoms with van der Waals surface area (Å²) in [4.78, 5) is 62.9. The van der Waals surface area contributed by atoms with Crippen LogP contribution in [-0.2, 0) is 23.9 Å². The molecule has 1 unspecified atom stereocenters. The van der Waals surface area contributed by atoms with E-state index in [-0.39, 0.29) is 73.2 Å². The number of carbonyl (C=O) groups excluding carboxylic acids is 4. The minimum Gasteiger partial charge on any atom is -0.378 e. The fraction of sp³-hybridized carbons (Fsp3) is 0.564. The summed E-state index contributed by atoms with van der Waals surface area (Å²) in [6, 6.07) is 11.0. The van der Waals surface area contributed by atoms with Crippen molar-refractivity contribution < 1.29 is 23.9 Å². The Balaban J connectivity index is 0.00000580. The zero-order valence-electron chi connectivity index (χ0n) is 31.8. The van der Waals surface area contributed by atoms with E-state index in [1.54, 1.807) is 41.4 Å². The number of piperidine rings is 1. The Kier molecular flexibility index (Phi) is 13.9. The molecule has 4 fully saturated rings. The van der Waals surface area contributed by atoms with Crippen LogP contribution in [0.25, 0.3) is 0 Å². The molecule has 4 heterocycles. The summed E-state index contributed by atoms with van der Waals surface area (Å²) in [5, 5.41) is 15.3. The Morgan fingerprint density at radius 3 is 2.42 bits per heavy atom. The number of hydrogen-bond acceptors (Lipinski definition) is 10. The highest BCUT2D eigenvalue weighted by Crippen LogP contribution is 2.39. The van der Waals surface area contributed by atoms with Gasteiger partial charge in [0.25, 0.3) is 5.91 Å². The average molecular weight is 814 g/mol. The highest BCUT2D eigenvalue weighted by molar-refractivity contribution is 7.80. The second-order valence-electron chi connectivity index (χ2n) is 15.4. The van der Waals surface area contributed by atoms with Crippen molar-refractivity contribution in [3.8, 4) is 6.07 Å². The van der Waals surface area contributed by atoms with Gasteiger partial charge in [-0.15, -0.1) is 12.4 Å². The van der Waals surface area contributed by atoms with Gasteiger partial charge in [0.2, 0.25) is 17.7 Å². The number of aromatic nitrogens is 1. The van der Waals surface area contributed by atoms with Crippen LogP contribution in [0.15, 0.2) is 36.5 Å². The molecule has 1 aromatic heterocycles. The third-order valence-corrected chi connectivity index (χ3v) is 11.9. The number of nitrogens with zero attached hydrogens (tertiary/aromatic N) is 6. The molecule has 2 aromatic rings. The molecule has 13 nitrogen and oxygen atoms in total.